The van der Waals surface area contributed by atoms with Crippen molar-refractivity contribution in [1.29, 1.82) is 0 Å². The van der Waals surface area contributed by atoms with Crippen molar-refractivity contribution in [2.75, 3.05) is 0 Å². The summed E-state index contributed by atoms with van der Waals surface area (Å²) >= 11 is 0. The van der Waals surface area contributed by atoms with Crippen molar-refractivity contribution in [3.63, 3.8) is 0 Å². The van der Waals surface area contributed by atoms with Gasteiger partial charge in [0.25, 0.3) is 0 Å². The van der Waals surface area contributed by atoms with Gasteiger partial charge in [-0.05, 0) is 166 Å². The topological polar surface area (TPSA) is 163 Å². The zero-order chi connectivity index (χ0) is 66.1. The first-order valence-electron chi connectivity index (χ1n) is 31.2. The second-order valence-electron chi connectivity index (χ2n) is 22.7. The van der Waals surface area contributed by atoms with Crippen LogP contribution in [-0.4, -0.2) is 43.8 Å². The average molecular weight is 1260 g/mol. The fraction of sp³-hybridized carbons (Fsp3) is 0.0476. The highest BCUT2D eigenvalue weighted by Crippen LogP contribution is 2.40. The highest BCUT2D eigenvalue weighted by atomic mass is 16.6. The molecule has 0 saturated heterocycles. The Morgan fingerprint density at radius 3 is 0.667 bits per heavy atom. The summed E-state index contributed by atoms with van der Waals surface area (Å²) in [6, 6.07) is 74.5. The van der Waals surface area contributed by atoms with E-state index in [1.807, 2.05) is 218 Å². The van der Waals surface area contributed by atoms with Gasteiger partial charge in [-0.2, -0.15) is 0 Å². The largest absolute Gasteiger partial charge is 0.450 e. The molecule has 4 unspecified atom stereocenters. The predicted molar refractivity (Wildman–Crippen MR) is 380 cm³/mol. The zero-order valence-corrected chi connectivity index (χ0v) is 52.0. The number of H-pyrrole nitrogens is 2. The van der Waals surface area contributed by atoms with Crippen molar-refractivity contribution >= 4 is 70.2 Å². The number of esters is 4. The van der Waals surface area contributed by atoms with Crippen LogP contribution in [0.1, 0.15) is 111 Å². The molecule has 3 aromatic heterocycles. The van der Waals surface area contributed by atoms with Crippen molar-refractivity contribution in [3.05, 3.63) is 361 Å². The first-order chi connectivity index (χ1) is 47.0. The van der Waals surface area contributed by atoms with Gasteiger partial charge in [0.15, 0.2) is 0 Å². The Morgan fingerprint density at radius 1 is 0.281 bits per heavy atom. The quantitative estimate of drug-likeness (QED) is 0.0427. The minimum atomic E-state index is -0.668. The molecule has 11 aromatic rings. The maximum atomic E-state index is 13.9. The van der Waals surface area contributed by atoms with E-state index in [0.29, 0.717) is 89.4 Å². The van der Waals surface area contributed by atoms with E-state index in [1.165, 1.54) is 0 Å². The van der Waals surface area contributed by atoms with E-state index in [4.69, 9.17) is 28.9 Å². The van der Waals surface area contributed by atoms with Gasteiger partial charge >= 0.3 is 23.9 Å². The number of nitrogens with zero attached hydrogens (tertiary/aromatic N) is 2. The van der Waals surface area contributed by atoms with Gasteiger partial charge in [-0.15, -0.1) is 0 Å². The molecule has 8 aromatic carbocycles. The van der Waals surface area contributed by atoms with Gasteiger partial charge in [-0.1, -0.05) is 196 Å². The molecule has 13 rings (SSSR count). The van der Waals surface area contributed by atoms with Crippen LogP contribution in [0.4, 0.5) is 0 Å². The second kappa shape index (κ2) is 28.0. The minimum Gasteiger partial charge on any atom is -0.450 e. The van der Waals surface area contributed by atoms with Crippen LogP contribution in [0.15, 0.2) is 293 Å². The van der Waals surface area contributed by atoms with E-state index < -0.39 is 48.3 Å². The van der Waals surface area contributed by atoms with Crippen LogP contribution >= 0.6 is 0 Å². The third kappa shape index (κ3) is 13.2. The molecule has 4 atom stereocenters. The molecule has 5 heterocycles. The van der Waals surface area contributed by atoms with Crippen LogP contribution in [-0.2, 0) is 18.9 Å². The van der Waals surface area contributed by atoms with Gasteiger partial charge in [0.2, 0.25) is 0 Å². The lowest BCUT2D eigenvalue weighted by molar-refractivity contribution is 0.0383. The molecule has 12 heteroatoms. The summed E-state index contributed by atoms with van der Waals surface area (Å²) in [5.41, 5.74) is 15.4. The fourth-order valence-corrected chi connectivity index (χ4v) is 11.8. The molecule has 2 aliphatic heterocycles. The summed E-state index contributed by atoms with van der Waals surface area (Å²) in [6.45, 7) is 15.8. The Kier molecular flexibility index (Phi) is 18.1. The van der Waals surface area contributed by atoms with Crippen molar-refractivity contribution in [2.24, 2.45) is 0 Å². The number of benzene rings is 8. The van der Waals surface area contributed by atoms with Gasteiger partial charge in [0, 0.05) is 44.3 Å². The minimum absolute atomic E-state index is 0.334. The summed E-state index contributed by atoms with van der Waals surface area (Å²) in [5.74, 6) is -2.09. The van der Waals surface area contributed by atoms with Crippen LogP contribution in [0.2, 0.25) is 0 Å². The highest BCUT2D eigenvalue weighted by Gasteiger charge is 2.24. The zero-order valence-electron chi connectivity index (χ0n) is 52.0. The number of carbonyl (C=O) groups is 4. The van der Waals surface area contributed by atoms with Gasteiger partial charge in [0.1, 0.15) is 24.4 Å². The van der Waals surface area contributed by atoms with Gasteiger partial charge in [-0.25, -0.2) is 29.1 Å². The number of nitrogens with one attached hydrogen (secondary N) is 2. The molecule has 12 nitrogen and oxygen atoms in total. The van der Waals surface area contributed by atoms with Crippen LogP contribution in [0.5, 0.6) is 0 Å². The highest BCUT2D eigenvalue weighted by molar-refractivity contribution is 6.02. The Labute approximate surface area is 554 Å². The Morgan fingerprint density at radius 2 is 0.479 bits per heavy atom. The molecule has 0 saturated carbocycles. The molecule has 2 N–H and O–H groups in total. The third-order valence-electron chi connectivity index (χ3n) is 16.7. The molecule has 96 heavy (non-hydrogen) atoms. The maximum Gasteiger partial charge on any atom is 0.339 e. The molecule has 0 spiro atoms. The predicted octanol–water partition coefficient (Wildman–Crippen LogP) is 19.7. The van der Waals surface area contributed by atoms with Crippen LogP contribution in [0.25, 0.3) is 90.9 Å². The smallest absolute Gasteiger partial charge is 0.339 e. The summed E-state index contributed by atoms with van der Waals surface area (Å²) in [5, 5.41) is 0. The van der Waals surface area contributed by atoms with Crippen LogP contribution in [0.3, 0.4) is 0 Å². The Hall–Kier alpha value is -12.8. The number of aromatic nitrogens is 4. The van der Waals surface area contributed by atoms with Crippen LogP contribution in [0, 0.1) is 0 Å². The Balaban J connectivity index is 0.990. The molecule has 466 valence electrons. The summed E-state index contributed by atoms with van der Waals surface area (Å²) in [6.07, 6.45) is 11.5. The van der Waals surface area contributed by atoms with Crippen molar-refractivity contribution < 1.29 is 38.1 Å². The number of fused-ring (bicyclic) bond motifs is 8. The maximum absolute atomic E-state index is 13.9. The molecule has 2 aliphatic rings. The SMILES string of the molecule is C=CC(OC(=O)c1ccc(-c2c3nc(c(-c4ccc(C(=O)OC(C=C)c5ccccc5)cc4)c4ccc([nH]4)c(-c4ccc(C(=O)OC(C=C)c5ccccc5)cc4)c4nc(c(-c5ccc(C(=O)OC(C=C)c6ccccc6)cc5)c5ccc2[nH]5)C=C4)C=C3)cc1)c1ccccc1. The van der Waals surface area contributed by atoms with Crippen molar-refractivity contribution in [1.82, 2.24) is 19.9 Å². The number of hydrogen-bond donors (Lipinski definition) is 2. The second-order valence-corrected chi connectivity index (χ2v) is 22.7. The first kappa shape index (κ1) is 62.0. The Bertz CT molecular complexity index is 4390. The summed E-state index contributed by atoms with van der Waals surface area (Å²) in [4.78, 5) is 74.0. The van der Waals surface area contributed by atoms with E-state index in [1.54, 1.807) is 72.8 Å². The standard InChI is InChI=1S/C84H62N4O8/c1-5-73(53-21-13-9-14-22-53)93-81(89)61-37-29-57(30-38-61)77-65-45-47-67(85-65)78(58-31-39-62(40-32-58)82(90)94-74(6-2)54-23-15-10-16-24-54)69-49-51-71(87-69)80(60-35-43-64(44-36-60)84(92)96-76(8-4)56-27-19-12-20-28-56)72-52-50-70(88-72)79(68-48-46-66(77)86-68)59-33-41-63(42-34-59)83(91)95-75(7-3)55-25-17-11-18-26-55/h5-52,73-76,85,88H,1-4H2. The molecule has 0 amide bonds. The molecular formula is C84H62N4O8. The lowest BCUT2D eigenvalue weighted by Crippen LogP contribution is -2.10. The number of carbonyl (C=O) groups excluding carboxylic acids is 4. The van der Waals surface area contributed by atoms with E-state index in [0.717, 1.165) is 44.5 Å². The lowest BCUT2D eigenvalue weighted by Gasteiger charge is -2.15. The van der Waals surface area contributed by atoms with E-state index in [9.17, 15) is 19.2 Å². The van der Waals surface area contributed by atoms with Gasteiger partial charge < -0.3 is 28.9 Å². The van der Waals surface area contributed by atoms with Gasteiger partial charge in [0.05, 0.1) is 45.0 Å². The van der Waals surface area contributed by atoms with E-state index in [-0.39, 0.29) is 0 Å². The molecule has 0 radical (unpaired) electrons. The fourth-order valence-electron chi connectivity index (χ4n) is 11.8. The number of rotatable bonds is 20. The number of aromatic amines is 2. The first-order valence-corrected chi connectivity index (χ1v) is 31.2. The molecule has 0 aliphatic carbocycles. The van der Waals surface area contributed by atoms with Crippen molar-refractivity contribution in [2.45, 2.75) is 24.4 Å². The monoisotopic (exact) mass is 1250 g/mol. The summed E-state index contributed by atoms with van der Waals surface area (Å²) in [7, 11) is 0. The average Bonchev–Trinajstić information content (AvgIpc) is 1.61. The van der Waals surface area contributed by atoms with E-state index in [2.05, 4.69) is 36.3 Å². The molecule has 0 fully saturated rings. The normalized spacial score (nSPS) is 12.7. The third-order valence-corrected chi connectivity index (χ3v) is 16.7. The van der Waals surface area contributed by atoms with Crippen LogP contribution < -0.4 is 0 Å². The van der Waals surface area contributed by atoms with Gasteiger partial charge in [-0.3, -0.25) is 0 Å². The number of ether oxygens (including phenoxy) is 4. The summed E-state index contributed by atoms with van der Waals surface area (Å²) < 4.78 is 23.9. The molecule has 8 bridgehead atoms. The van der Waals surface area contributed by atoms with E-state index >= 15 is 0 Å². The number of hydrogen-bond acceptors (Lipinski definition) is 10. The molecular weight excluding hydrogens is 1190 g/mol. The lowest BCUT2D eigenvalue weighted by atomic mass is 10.0. The van der Waals surface area contributed by atoms with Crippen molar-refractivity contribution in [3.8, 4) is 44.5 Å².